The Labute approximate surface area is 132 Å². The van der Waals surface area contributed by atoms with Crippen LogP contribution >= 0.6 is 46.4 Å². The van der Waals surface area contributed by atoms with Crippen LogP contribution in [0.3, 0.4) is 0 Å². The molecule has 0 amide bonds. The minimum Gasteiger partial charge on any atom is -0.330 e. The van der Waals surface area contributed by atoms with Gasteiger partial charge in [-0.3, -0.25) is 0 Å². The molecule has 2 aromatic rings. The van der Waals surface area contributed by atoms with Gasteiger partial charge in [0.2, 0.25) is 0 Å². The van der Waals surface area contributed by atoms with E-state index < -0.39 is 0 Å². The SMILES string of the molecule is NCCc1cc(-c2cc(Cl)c(Cl)c(Cl)c2)ccc1Cl. The first-order valence-corrected chi connectivity index (χ1v) is 7.17. The summed E-state index contributed by atoms with van der Waals surface area (Å²) in [5, 5.41) is 1.93. The topological polar surface area (TPSA) is 26.0 Å². The Bertz CT molecular complexity index is 587. The van der Waals surface area contributed by atoms with Crippen LogP contribution in [0.2, 0.25) is 20.1 Å². The van der Waals surface area contributed by atoms with Crippen LogP contribution in [0.15, 0.2) is 30.3 Å². The Hall–Kier alpha value is -0.440. The zero-order valence-electron chi connectivity index (χ0n) is 9.89. The summed E-state index contributed by atoms with van der Waals surface area (Å²) in [5.74, 6) is 0. The van der Waals surface area contributed by atoms with Crippen LogP contribution in [0.25, 0.3) is 11.1 Å². The first kappa shape index (κ1) is 15.0. The van der Waals surface area contributed by atoms with Gasteiger partial charge in [-0.25, -0.2) is 0 Å². The zero-order valence-corrected chi connectivity index (χ0v) is 12.9. The third kappa shape index (κ3) is 3.36. The molecular weight excluding hydrogens is 324 g/mol. The molecule has 2 rings (SSSR count). The first-order chi connectivity index (χ1) is 9.02. The molecule has 0 aliphatic rings. The van der Waals surface area contributed by atoms with Crippen molar-refractivity contribution in [3.8, 4) is 11.1 Å². The smallest absolute Gasteiger partial charge is 0.0778 e. The zero-order chi connectivity index (χ0) is 14.0. The summed E-state index contributed by atoms with van der Waals surface area (Å²) in [5.41, 5.74) is 8.45. The van der Waals surface area contributed by atoms with Crippen LogP contribution in [0.4, 0.5) is 0 Å². The number of nitrogens with two attached hydrogens (primary N) is 1. The van der Waals surface area contributed by atoms with E-state index in [1.54, 1.807) is 12.1 Å². The largest absolute Gasteiger partial charge is 0.330 e. The standard InChI is InChI=1S/C14H11Cl4N/c15-11-2-1-8(5-9(11)3-4-19)10-6-12(16)14(18)13(17)7-10/h1-2,5-7H,3-4,19H2. The van der Waals surface area contributed by atoms with E-state index in [1.807, 2.05) is 18.2 Å². The molecular formula is C14H11Cl4N. The summed E-state index contributed by atoms with van der Waals surface area (Å²) in [4.78, 5) is 0. The number of rotatable bonds is 3. The molecule has 0 heterocycles. The fourth-order valence-corrected chi connectivity index (χ4v) is 2.63. The lowest BCUT2D eigenvalue weighted by molar-refractivity contribution is 0.969. The van der Waals surface area contributed by atoms with E-state index >= 15 is 0 Å². The quantitative estimate of drug-likeness (QED) is 0.740. The van der Waals surface area contributed by atoms with Gasteiger partial charge in [-0.15, -0.1) is 0 Å². The van der Waals surface area contributed by atoms with Crippen LogP contribution in [-0.4, -0.2) is 6.54 Å². The predicted octanol–water partition coefficient (Wildman–Crippen LogP) is 5.47. The van der Waals surface area contributed by atoms with Crippen molar-refractivity contribution in [1.29, 1.82) is 0 Å². The number of hydrogen-bond acceptors (Lipinski definition) is 1. The number of halogens is 4. The molecule has 0 spiro atoms. The van der Waals surface area contributed by atoms with Crippen molar-refractivity contribution in [2.75, 3.05) is 6.54 Å². The fourth-order valence-electron chi connectivity index (χ4n) is 1.82. The Kier molecular flexibility index (Phi) is 4.99. The monoisotopic (exact) mass is 333 g/mol. The molecule has 100 valence electrons. The number of benzene rings is 2. The molecule has 0 fully saturated rings. The lowest BCUT2D eigenvalue weighted by Gasteiger charge is -2.09. The third-order valence-electron chi connectivity index (χ3n) is 2.78. The third-order valence-corrected chi connectivity index (χ3v) is 4.34. The van der Waals surface area contributed by atoms with Crippen LogP contribution in [0, 0.1) is 0 Å². The molecule has 0 bridgehead atoms. The molecule has 1 nitrogen and oxygen atoms in total. The Morgan fingerprint density at radius 2 is 1.42 bits per heavy atom. The van der Waals surface area contributed by atoms with Gasteiger partial charge in [0.1, 0.15) is 0 Å². The molecule has 0 aliphatic carbocycles. The summed E-state index contributed by atoms with van der Waals surface area (Å²) in [7, 11) is 0. The highest BCUT2D eigenvalue weighted by molar-refractivity contribution is 6.48. The lowest BCUT2D eigenvalue weighted by atomic mass is 10.0. The summed E-state index contributed by atoms with van der Waals surface area (Å²) in [6, 6.07) is 9.32. The molecule has 19 heavy (non-hydrogen) atoms. The van der Waals surface area contributed by atoms with Gasteiger partial charge in [-0.1, -0.05) is 52.5 Å². The molecule has 5 heteroatoms. The first-order valence-electron chi connectivity index (χ1n) is 5.66. The summed E-state index contributed by atoms with van der Waals surface area (Å²) >= 11 is 24.1. The van der Waals surface area contributed by atoms with Crippen molar-refractivity contribution in [1.82, 2.24) is 0 Å². The molecule has 2 aromatic carbocycles. The molecule has 0 radical (unpaired) electrons. The molecule has 0 aromatic heterocycles. The highest BCUT2D eigenvalue weighted by Crippen LogP contribution is 2.35. The second-order valence-electron chi connectivity index (χ2n) is 4.10. The van der Waals surface area contributed by atoms with Gasteiger partial charge >= 0.3 is 0 Å². The van der Waals surface area contributed by atoms with Gasteiger partial charge in [0.15, 0.2) is 0 Å². The van der Waals surface area contributed by atoms with Crippen molar-refractivity contribution >= 4 is 46.4 Å². The van der Waals surface area contributed by atoms with Crippen molar-refractivity contribution in [3.05, 3.63) is 56.0 Å². The van der Waals surface area contributed by atoms with Gasteiger partial charge in [-0.05, 0) is 53.9 Å². The maximum absolute atomic E-state index is 6.12. The Morgan fingerprint density at radius 1 is 0.789 bits per heavy atom. The van der Waals surface area contributed by atoms with Gasteiger partial charge in [0, 0.05) is 5.02 Å². The summed E-state index contributed by atoms with van der Waals surface area (Å²) < 4.78 is 0. The fraction of sp³-hybridized carbons (Fsp3) is 0.143. The molecule has 0 aliphatic heterocycles. The van der Waals surface area contributed by atoms with E-state index in [2.05, 4.69) is 0 Å². The average molecular weight is 335 g/mol. The summed E-state index contributed by atoms with van der Waals surface area (Å²) in [6.45, 7) is 0.547. The van der Waals surface area contributed by atoms with Gasteiger partial charge in [-0.2, -0.15) is 0 Å². The maximum Gasteiger partial charge on any atom is 0.0778 e. The highest BCUT2D eigenvalue weighted by Gasteiger charge is 2.09. The van der Waals surface area contributed by atoms with Crippen molar-refractivity contribution < 1.29 is 0 Å². The highest BCUT2D eigenvalue weighted by atomic mass is 35.5. The van der Waals surface area contributed by atoms with Crippen LogP contribution < -0.4 is 5.73 Å². The normalized spacial score (nSPS) is 10.8. The molecule has 0 unspecified atom stereocenters. The molecule has 0 atom stereocenters. The second-order valence-corrected chi connectivity index (χ2v) is 5.70. The van der Waals surface area contributed by atoms with Crippen molar-refractivity contribution in [3.63, 3.8) is 0 Å². The predicted molar refractivity (Wildman–Crippen MR) is 84.7 cm³/mol. The summed E-state index contributed by atoms with van der Waals surface area (Å²) in [6.07, 6.45) is 0.724. The maximum atomic E-state index is 6.12. The molecule has 0 saturated heterocycles. The van der Waals surface area contributed by atoms with Gasteiger partial charge in [0.05, 0.1) is 15.1 Å². The molecule has 0 saturated carbocycles. The van der Waals surface area contributed by atoms with E-state index in [0.717, 1.165) is 23.1 Å². The van der Waals surface area contributed by atoms with E-state index in [4.69, 9.17) is 52.1 Å². The Balaban J connectivity index is 2.50. The van der Waals surface area contributed by atoms with E-state index in [-0.39, 0.29) is 0 Å². The second kappa shape index (κ2) is 6.34. The van der Waals surface area contributed by atoms with Crippen molar-refractivity contribution in [2.45, 2.75) is 6.42 Å². The Morgan fingerprint density at radius 3 is 2.00 bits per heavy atom. The average Bonchev–Trinajstić information content (AvgIpc) is 2.38. The van der Waals surface area contributed by atoms with E-state index in [1.165, 1.54) is 0 Å². The van der Waals surface area contributed by atoms with Gasteiger partial charge < -0.3 is 5.73 Å². The van der Waals surface area contributed by atoms with Crippen LogP contribution in [0.1, 0.15) is 5.56 Å². The minimum atomic E-state index is 0.364. The number of hydrogen-bond donors (Lipinski definition) is 1. The lowest BCUT2D eigenvalue weighted by Crippen LogP contribution is -2.03. The van der Waals surface area contributed by atoms with Crippen LogP contribution in [-0.2, 0) is 6.42 Å². The van der Waals surface area contributed by atoms with E-state index in [0.29, 0.717) is 26.6 Å². The van der Waals surface area contributed by atoms with Crippen LogP contribution in [0.5, 0.6) is 0 Å². The molecule has 2 N–H and O–H groups in total. The van der Waals surface area contributed by atoms with Gasteiger partial charge in [0.25, 0.3) is 0 Å². The van der Waals surface area contributed by atoms with E-state index in [9.17, 15) is 0 Å². The minimum absolute atomic E-state index is 0.364. The van der Waals surface area contributed by atoms with Crippen molar-refractivity contribution in [2.24, 2.45) is 5.73 Å².